The van der Waals surface area contributed by atoms with Crippen LogP contribution in [-0.2, 0) is 34.0 Å². The summed E-state index contributed by atoms with van der Waals surface area (Å²) in [6.45, 7) is 3.27. The largest absolute Gasteiger partial charge is 0.489 e. The predicted octanol–water partition coefficient (Wildman–Crippen LogP) is -0.223. The summed E-state index contributed by atoms with van der Waals surface area (Å²) in [5.41, 5.74) is 3.63. The Morgan fingerprint density at radius 2 is 1.83 bits per heavy atom. The van der Waals surface area contributed by atoms with Gasteiger partial charge in [-0.05, 0) is 35.6 Å². The average molecular weight is 473 g/mol. The lowest BCUT2D eigenvalue weighted by molar-refractivity contribution is -0.136. The van der Waals surface area contributed by atoms with E-state index in [-0.39, 0.29) is 24.2 Å². The second kappa shape index (κ2) is 9.87. The first-order valence-corrected chi connectivity index (χ1v) is 12.2. The maximum Gasteiger partial charge on any atom is 0.255 e. The van der Waals surface area contributed by atoms with Crippen LogP contribution in [0.3, 0.4) is 0 Å². The Bertz CT molecular complexity index is 1140. The standard InChI is InChI=1S/C25H29B2N3O5/c26-22-23(27)34-11-10-29(22)12-15-4-6-16(7-5-15)14-35-20-3-1-2-17-18(20)13-30(25(17)33)19-8-9-21(31)28-24(19)32/h1-7,19,22-23H,8-14,26-27H2,(H,28,31,32). The van der Waals surface area contributed by atoms with E-state index in [1.807, 2.05) is 6.07 Å². The minimum Gasteiger partial charge on any atom is -0.489 e. The number of nitrogens with one attached hydrogen (secondary N) is 1. The van der Waals surface area contributed by atoms with Gasteiger partial charge in [0.25, 0.3) is 5.91 Å². The Hall–Kier alpha value is -3.10. The Morgan fingerprint density at radius 3 is 2.60 bits per heavy atom. The van der Waals surface area contributed by atoms with Crippen LogP contribution in [0, 0.1) is 0 Å². The number of nitrogens with zero attached hydrogens (tertiary/aromatic N) is 2. The molecule has 3 amide bonds. The van der Waals surface area contributed by atoms with Gasteiger partial charge in [0.15, 0.2) is 0 Å². The molecule has 3 unspecified atom stereocenters. The first-order chi connectivity index (χ1) is 16.9. The van der Waals surface area contributed by atoms with Crippen molar-refractivity contribution in [1.29, 1.82) is 0 Å². The number of hydrogen-bond acceptors (Lipinski definition) is 6. The van der Waals surface area contributed by atoms with Crippen LogP contribution in [-0.4, -0.2) is 74.4 Å². The summed E-state index contributed by atoms with van der Waals surface area (Å²) in [6.07, 6.45) is 0.578. The molecule has 0 saturated carbocycles. The highest BCUT2D eigenvalue weighted by atomic mass is 16.5. The number of ether oxygens (including phenoxy) is 2. The van der Waals surface area contributed by atoms with Crippen LogP contribution < -0.4 is 10.1 Å². The molecule has 3 heterocycles. The van der Waals surface area contributed by atoms with Gasteiger partial charge in [-0.25, -0.2) is 0 Å². The van der Waals surface area contributed by atoms with Crippen molar-refractivity contribution in [2.24, 2.45) is 0 Å². The molecule has 2 fully saturated rings. The molecule has 3 aliphatic heterocycles. The maximum absolute atomic E-state index is 13.0. The summed E-state index contributed by atoms with van der Waals surface area (Å²) in [6, 6.07) is 13.4. The second-order valence-corrected chi connectivity index (χ2v) is 9.57. The lowest BCUT2D eigenvalue weighted by Crippen LogP contribution is -2.52. The molecule has 0 radical (unpaired) electrons. The molecule has 3 atom stereocenters. The van der Waals surface area contributed by atoms with Crippen molar-refractivity contribution >= 4 is 33.4 Å². The predicted molar refractivity (Wildman–Crippen MR) is 134 cm³/mol. The molecule has 35 heavy (non-hydrogen) atoms. The number of hydrogen-bond donors (Lipinski definition) is 1. The Morgan fingerprint density at radius 1 is 1.06 bits per heavy atom. The minimum absolute atomic E-state index is 0.198. The van der Waals surface area contributed by atoms with E-state index >= 15 is 0 Å². The van der Waals surface area contributed by atoms with Gasteiger partial charge >= 0.3 is 0 Å². The number of carbonyl (C=O) groups excluding carboxylic acids is 3. The van der Waals surface area contributed by atoms with Gasteiger partial charge in [0.05, 0.1) is 13.2 Å². The molecule has 1 N–H and O–H groups in total. The van der Waals surface area contributed by atoms with Gasteiger partial charge < -0.3 is 19.3 Å². The third-order valence-corrected chi connectivity index (χ3v) is 7.36. The first-order valence-electron chi connectivity index (χ1n) is 12.2. The van der Waals surface area contributed by atoms with Crippen molar-refractivity contribution in [1.82, 2.24) is 15.1 Å². The van der Waals surface area contributed by atoms with Crippen LogP contribution in [0.1, 0.15) is 39.9 Å². The highest BCUT2D eigenvalue weighted by Crippen LogP contribution is 2.34. The number of carbonyl (C=O) groups is 3. The monoisotopic (exact) mass is 473 g/mol. The number of fused-ring (bicyclic) bond motifs is 1. The molecule has 2 saturated heterocycles. The Kier molecular flexibility index (Phi) is 6.67. The summed E-state index contributed by atoms with van der Waals surface area (Å²) >= 11 is 0. The lowest BCUT2D eigenvalue weighted by Gasteiger charge is -2.38. The van der Waals surface area contributed by atoms with E-state index in [9.17, 15) is 14.4 Å². The quantitative estimate of drug-likeness (QED) is 0.461. The zero-order chi connectivity index (χ0) is 24.5. The van der Waals surface area contributed by atoms with E-state index in [0.29, 0.717) is 36.8 Å². The van der Waals surface area contributed by atoms with Gasteiger partial charge in [-0.2, -0.15) is 0 Å². The van der Waals surface area contributed by atoms with E-state index in [1.54, 1.807) is 17.0 Å². The summed E-state index contributed by atoms with van der Waals surface area (Å²) in [5, 5.41) is 2.34. The highest BCUT2D eigenvalue weighted by Gasteiger charge is 2.40. The van der Waals surface area contributed by atoms with E-state index < -0.39 is 11.9 Å². The molecule has 10 heteroatoms. The maximum atomic E-state index is 13.0. The molecule has 8 nitrogen and oxygen atoms in total. The van der Waals surface area contributed by atoms with Crippen LogP contribution in [0.25, 0.3) is 0 Å². The number of rotatable bonds is 6. The average Bonchev–Trinajstić information content (AvgIpc) is 3.18. The van der Waals surface area contributed by atoms with Crippen molar-refractivity contribution in [3.63, 3.8) is 0 Å². The van der Waals surface area contributed by atoms with Crippen LogP contribution in [0.4, 0.5) is 0 Å². The van der Waals surface area contributed by atoms with Crippen LogP contribution in [0.5, 0.6) is 5.75 Å². The summed E-state index contributed by atoms with van der Waals surface area (Å²) in [7, 11) is 4.33. The van der Waals surface area contributed by atoms with E-state index in [2.05, 4.69) is 50.2 Å². The van der Waals surface area contributed by atoms with Gasteiger partial charge in [-0.15, -0.1) is 0 Å². The van der Waals surface area contributed by atoms with Crippen LogP contribution >= 0.6 is 0 Å². The van der Waals surface area contributed by atoms with E-state index in [1.165, 1.54) is 5.56 Å². The molecule has 2 aromatic carbocycles. The van der Waals surface area contributed by atoms with Gasteiger partial charge in [0, 0.05) is 36.6 Å². The smallest absolute Gasteiger partial charge is 0.255 e. The summed E-state index contributed by atoms with van der Waals surface area (Å²) in [4.78, 5) is 40.8. The fraction of sp³-hybridized carbons (Fsp3) is 0.400. The topological polar surface area (TPSA) is 88.2 Å². The molecule has 0 bridgehead atoms. The van der Waals surface area contributed by atoms with E-state index in [4.69, 9.17) is 9.47 Å². The van der Waals surface area contributed by atoms with Crippen molar-refractivity contribution in [2.75, 3.05) is 13.2 Å². The third kappa shape index (κ3) is 4.86. The minimum atomic E-state index is -0.634. The highest BCUT2D eigenvalue weighted by molar-refractivity contribution is 6.21. The zero-order valence-corrected chi connectivity index (χ0v) is 20.2. The molecule has 0 aromatic heterocycles. The molecule has 0 spiro atoms. The van der Waals surface area contributed by atoms with Crippen LogP contribution in [0.2, 0.25) is 0 Å². The van der Waals surface area contributed by atoms with Gasteiger partial charge in [-0.1, -0.05) is 30.3 Å². The van der Waals surface area contributed by atoms with E-state index in [0.717, 1.165) is 30.8 Å². The molecular weight excluding hydrogens is 444 g/mol. The molecule has 3 aliphatic rings. The molecule has 0 aliphatic carbocycles. The summed E-state index contributed by atoms with van der Waals surface area (Å²) in [5.74, 6) is 0.126. The van der Waals surface area contributed by atoms with Crippen molar-refractivity contribution < 1.29 is 23.9 Å². The number of morpholine rings is 1. The first kappa shape index (κ1) is 23.6. The zero-order valence-electron chi connectivity index (χ0n) is 20.2. The molecule has 5 rings (SSSR count). The molecule has 2 aromatic rings. The number of imide groups is 1. The Labute approximate surface area is 206 Å². The number of benzene rings is 2. The normalized spacial score (nSPS) is 24.9. The fourth-order valence-corrected chi connectivity index (χ4v) is 5.05. The third-order valence-electron chi connectivity index (χ3n) is 7.36. The molecule has 180 valence electrons. The number of piperidine rings is 1. The fourth-order valence-electron chi connectivity index (χ4n) is 5.05. The van der Waals surface area contributed by atoms with Crippen molar-refractivity contribution in [3.8, 4) is 5.75 Å². The Balaban J connectivity index is 1.22. The van der Waals surface area contributed by atoms with Gasteiger partial charge in [0.2, 0.25) is 11.8 Å². The molecular formula is C25H29B2N3O5. The SMILES string of the molecule is BC1OCCN(Cc2ccc(COc3cccc4c3CN(C3CCC(=O)NC3=O)C4=O)cc2)C1B. The van der Waals surface area contributed by atoms with Crippen LogP contribution in [0.15, 0.2) is 42.5 Å². The van der Waals surface area contributed by atoms with Gasteiger partial charge in [0.1, 0.15) is 34.1 Å². The number of amides is 3. The second-order valence-electron chi connectivity index (χ2n) is 9.57. The van der Waals surface area contributed by atoms with Gasteiger partial charge in [-0.3, -0.25) is 19.7 Å². The van der Waals surface area contributed by atoms with Crippen molar-refractivity contribution in [2.45, 2.75) is 50.5 Å². The lowest BCUT2D eigenvalue weighted by atomic mass is 9.78. The van der Waals surface area contributed by atoms with Crippen molar-refractivity contribution in [3.05, 3.63) is 64.7 Å². The summed E-state index contributed by atoms with van der Waals surface area (Å²) < 4.78 is 11.8.